The van der Waals surface area contributed by atoms with E-state index in [9.17, 15) is 9.59 Å². The van der Waals surface area contributed by atoms with Crippen LogP contribution in [0, 0.1) is 6.92 Å². The van der Waals surface area contributed by atoms with Crippen molar-refractivity contribution in [3.63, 3.8) is 0 Å². The smallest absolute Gasteiger partial charge is 0.311 e. The number of hydrogen-bond donors (Lipinski definition) is 1. The SMILES string of the molecule is Cc1ccc(CC(=O)O[C@H](C)C(=O)Nc2ncc(Cl)cc2Cl)cc1. The van der Waals surface area contributed by atoms with Gasteiger partial charge >= 0.3 is 5.97 Å². The largest absolute Gasteiger partial charge is 0.452 e. The van der Waals surface area contributed by atoms with Gasteiger partial charge in [0, 0.05) is 6.20 Å². The molecule has 1 N–H and O–H groups in total. The summed E-state index contributed by atoms with van der Waals surface area (Å²) in [5.41, 5.74) is 1.92. The molecule has 0 aliphatic carbocycles. The molecule has 5 nitrogen and oxygen atoms in total. The van der Waals surface area contributed by atoms with E-state index in [0.29, 0.717) is 5.02 Å². The summed E-state index contributed by atoms with van der Waals surface area (Å²) in [6, 6.07) is 8.97. The van der Waals surface area contributed by atoms with E-state index in [1.54, 1.807) is 0 Å². The minimum atomic E-state index is -0.975. The summed E-state index contributed by atoms with van der Waals surface area (Å²) in [7, 11) is 0. The van der Waals surface area contributed by atoms with E-state index < -0.39 is 18.0 Å². The van der Waals surface area contributed by atoms with Gasteiger partial charge in [0.15, 0.2) is 11.9 Å². The molecule has 1 aromatic carbocycles. The van der Waals surface area contributed by atoms with Gasteiger partial charge in [-0.2, -0.15) is 0 Å². The molecule has 1 heterocycles. The maximum absolute atomic E-state index is 12.1. The van der Waals surface area contributed by atoms with Crippen LogP contribution in [-0.4, -0.2) is 23.0 Å². The van der Waals surface area contributed by atoms with Gasteiger partial charge in [0.1, 0.15) is 0 Å². The predicted molar refractivity (Wildman–Crippen MR) is 93.3 cm³/mol. The number of hydrogen-bond acceptors (Lipinski definition) is 4. The fraction of sp³-hybridized carbons (Fsp3) is 0.235. The second kappa shape index (κ2) is 8.13. The summed E-state index contributed by atoms with van der Waals surface area (Å²) in [6.07, 6.45) is 0.478. The molecule has 0 saturated carbocycles. The summed E-state index contributed by atoms with van der Waals surface area (Å²) in [5, 5.41) is 3.06. The lowest BCUT2D eigenvalue weighted by Crippen LogP contribution is -2.30. The highest BCUT2D eigenvalue weighted by atomic mass is 35.5. The van der Waals surface area contributed by atoms with Crippen LogP contribution in [0.15, 0.2) is 36.5 Å². The number of nitrogens with zero attached hydrogens (tertiary/aromatic N) is 1. The molecule has 1 aromatic heterocycles. The van der Waals surface area contributed by atoms with Crippen LogP contribution in [0.2, 0.25) is 10.0 Å². The van der Waals surface area contributed by atoms with Crippen molar-refractivity contribution in [2.24, 2.45) is 0 Å². The quantitative estimate of drug-likeness (QED) is 0.816. The van der Waals surface area contributed by atoms with Gasteiger partial charge in [-0.15, -0.1) is 0 Å². The lowest BCUT2D eigenvalue weighted by atomic mass is 10.1. The number of halogens is 2. The van der Waals surface area contributed by atoms with Crippen molar-refractivity contribution >= 4 is 40.9 Å². The fourth-order valence-electron chi connectivity index (χ4n) is 1.89. The summed E-state index contributed by atoms with van der Waals surface area (Å²) in [4.78, 5) is 27.9. The molecule has 0 spiro atoms. The van der Waals surface area contributed by atoms with Crippen LogP contribution >= 0.6 is 23.2 Å². The number of aromatic nitrogens is 1. The number of amides is 1. The Morgan fingerprint density at radius 3 is 2.54 bits per heavy atom. The Morgan fingerprint density at radius 2 is 1.92 bits per heavy atom. The highest BCUT2D eigenvalue weighted by molar-refractivity contribution is 6.36. The van der Waals surface area contributed by atoms with Gasteiger partial charge in [0.05, 0.1) is 16.5 Å². The number of carbonyl (C=O) groups excluding carboxylic acids is 2. The van der Waals surface area contributed by atoms with Gasteiger partial charge in [-0.05, 0) is 25.5 Å². The first kappa shape index (κ1) is 18.2. The van der Waals surface area contributed by atoms with Crippen molar-refractivity contribution in [3.8, 4) is 0 Å². The third-order valence-corrected chi connectivity index (χ3v) is 3.69. The molecule has 0 saturated heterocycles. The molecule has 0 bridgehead atoms. The van der Waals surface area contributed by atoms with Gasteiger partial charge in [-0.1, -0.05) is 53.0 Å². The van der Waals surface area contributed by atoms with Gasteiger partial charge in [-0.25, -0.2) is 4.98 Å². The van der Waals surface area contributed by atoms with E-state index >= 15 is 0 Å². The molecule has 0 aliphatic rings. The summed E-state index contributed by atoms with van der Waals surface area (Å²) in [6.45, 7) is 3.44. The van der Waals surface area contributed by atoms with E-state index in [4.69, 9.17) is 27.9 Å². The second-order valence-electron chi connectivity index (χ2n) is 5.27. The maximum Gasteiger partial charge on any atom is 0.311 e. The normalized spacial score (nSPS) is 11.7. The maximum atomic E-state index is 12.1. The third kappa shape index (κ3) is 5.22. The third-order valence-electron chi connectivity index (χ3n) is 3.20. The number of carbonyl (C=O) groups is 2. The highest BCUT2D eigenvalue weighted by Crippen LogP contribution is 2.22. The van der Waals surface area contributed by atoms with Crippen LogP contribution in [0.1, 0.15) is 18.1 Å². The van der Waals surface area contributed by atoms with Gasteiger partial charge in [0.2, 0.25) is 0 Å². The summed E-state index contributed by atoms with van der Waals surface area (Å²) < 4.78 is 5.13. The standard InChI is InChI=1S/C17H16Cl2N2O3/c1-10-3-5-12(6-4-10)7-15(22)24-11(2)17(23)21-16-14(19)8-13(18)9-20-16/h3-6,8-9,11H,7H2,1-2H3,(H,20,21,23)/t11-/m1/s1. The van der Waals surface area contributed by atoms with Crippen LogP contribution < -0.4 is 5.32 Å². The second-order valence-corrected chi connectivity index (χ2v) is 6.11. The molecule has 0 fully saturated rings. The lowest BCUT2D eigenvalue weighted by molar-refractivity contribution is -0.152. The Labute approximate surface area is 149 Å². The number of aryl methyl sites for hydroxylation is 1. The lowest BCUT2D eigenvalue weighted by Gasteiger charge is -2.14. The van der Waals surface area contributed by atoms with E-state index in [2.05, 4.69) is 10.3 Å². The first-order valence-electron chi connectivity index (χ1n) is 7.22. The Bertz CT molecular complexity index is 748. The van der Waals surface area contributed by atoms with E-state index in [-0.39, 0.29) is 17.3 Å². The molecule has 126 valence electrons. The minimum absolute atomic E-state index is 0.0951. The van der Waals surface area contributed by atoms with Crippen molar-refractivity contribution < 1.29 is 14.3 Å². The first-order chi connectivity index (χ1) is 11.3. The molecule has 2 rings (SSSR count). The number of ether oxygens (including phenoxy) is 1. The number of rotatable bonds is 5. The Morgan fingerprint density at radius 1 is 1.25 bits per heavy atom. The highest BCUT2D eigenvalue weighted by Gasteiger charge is 2.19. The van der Waals surface area contributed by atoms with Crippen LogP contribution in [0.4, 0.5) is 5.82 Å². The average Bonchev–Trinajstić information content (AvgIpc) is 2.52. The van der Waals surface area contributed by atoms with Crippen molar-refractivity contribution in [2.75, 3.05) is 5.32 Å². The molecular weight excluding hydrogens is 351 g/mol. The van der Waals surface area contributed by atoms with Crippen molar-refractivity contribution in [1.29, 1.82) is 0 Å². The van der Waals surface area contributed by atoms with Crippen LogP contribution in [0.3, 0.4) is 0 Å². The topological polar surface area (TPSA) is 68.3 Å². The molecule has 0 unspecified atom stereocenters. The molecule has 0 aliphatic heterocycles. The Hall–Kier alpha value is -2.11. The fourth-order valence-corrected chi connectivity index (χ4v) is 2.32. The molecule has 0 radical (unpaired) electrons. The number of nitrogens with one attached hydrogen (secondary N) is 1. The first-order valence-corrected chi connectivity index (χ1v) is 7.97. The predicted octanol–water partition coefficient (Wildman–Crippen LogP) is 3.81. The van der Waals surface area contributed by atoms with Gasteiger partial charge < -0.3 is 10.1 Å². The summed E-state index contributed by atoms with van der Waals surface area (Å²) in [5.74, 6) is -0.854. The van der Waals surface area contributed by atoms with Crippen LogP contribution in [0.25, 0.3) is 0 Å². The van der Waals surface area contributed by atoms with Crippen molar-refractivity contribution in [3.05, 3.63) is 57.7 Å². The number of pyridine rings is 1. The number of benzene rings is 1. The van der Waals surface area contributed by atoms with Gasteiger partial charge in [0.25, 0.3) is 5.91 Å². The summed E-state index contributed by atoms with van der Waals surface area (Å²) >= 11 is 11.7. The van der Waals surface area contributed by atoms with Crippen LogP contribution in [-0.2, 0) is 20.7 Å². The molecular formula is C17H16Cl2N2O3. The van der Waals surface area contributed by atoms with Crippen LogP contribution in [0.5, 0.6) is 0 Å². The number of anilines is 1. The van der Waals surface area contributed by atoms with Crippen molar-refractivity contribution in [1.82, 2.24) is 4.98 Å². The van der Waals surface area contributed by atoms with E-state index in [1.807, 2.05) is 31.2 Å². The Balaban J connectivity index is 1.90. The molecule has 2 aromatic rings. The van der Waals surface area contributed by atoms with Gasteiger partial charge in [-0.3, -0.25) is 9.59 Å². The molecule has 1 atom stereocenters. The molecule has 1 amide bonds. The Kier molecular flexibility index (Phi) is 6.17. The molecule has 24 heavy (non-hydrogen) atoms. The zero-order chi connectivity index (χ0) is 17.7. The number of esters is 1. The average molecular weight is 367 g/mol. The zero-order valence-electron chi connectivity index (χ0n) is 13.2. The van der Waals surface area contributed by atoms with E-state index in [1.165, 1.54) is 19.2 Å². The molecule has 7 heteroatoms. The zero-order valence-corrected chi connectivity index (χ0v) is 14.7. The van der Waals surface area contributed by atoms with E-state index in [0.717, 1.165) is 11.1 Å². The van der Waals surface area contributed by atoms with Crippen molar-refractivity contribution in [2.45, 2.75) is 26.4 Å². The monoisotopic (exact) mass is 366 g/mol. The minimum Gasteiger partial charge on any atom is -0.452 e.